The van der Waals surface area contributed by atoms with Crippen LogP contribution >= 0.6 is 11.8 Å². The number of nitrogens with one attached hydrogen (secondary N) is 1. The Hall–Kier alpha value is -3.46. The van der Waals surface area contributed by atoms with E-state index in [0.29, 0.717) is 5.52 Å². The van der Waals surface area contributed by atoms with Gasteiger partial charge in [-0.15, -0.1) is 8.78 Å². The highest BCUT2D eigenvalue weighted by atomic mass is 32.2. The molecule has 11 nitrogen and oxygen atoms in total. The topological polar surface area (TPSA) is 130 Å². The monoisotopic (exact) mass is 536 g/mol. The predicted molar refractivity (Wildman–Crippen MR) is 125 cm³/mol. The molecule has 1 fully saturated rings. The molecule has 2 aliphatic rings. The fourth-order valence-electron chi connectivity index (χ4n) is 4.09. The molecule has 15 heteroatoms. The second kappa shape index (κ2) is 7.77. The van der Waals surface area contributed by atoms with Crippen molar-refractivity contribution in [2.24, 2.45) is 7.05 Å². The Kier molecular flexibility index (Phi) is 4.96. The van der Waals surface area contributed by atoms with E-state index in [1.54, 1.807) is 18.8 Å². The number of aromatic nitrogens is 5. The number of aryl methyl sites for hydroxylation is 1. The van der Waals surface area contributed by atoms with E-state index in [9.17, 15) is 22.0 Å². The van der Waals surface area contributed by atoms with Gasteiger partial charge in [-0.2, -0.15) is 16.9 Å². The third kappa shape index (κ3) is 3.48. The van der Waals surface area contributed by atoms with Crippen LogP contribution in [0.5, 0.6) is 11.5 Å². The van der Waals surface area contributed by atoms with E-state index >= 15 is 0 Å². The molecule has 0 saturated carbocycles. The summed E-state index contributed by atoms with van der Waals surface area (Å²) in [6, 6.07) is 4.11. The number of amides is 1. The van der Waals surface area contributed by atoms with E-state index < -0.39 is 22.0 Å². The molecule has 1 N–H and O–H groups in total. The summed E-state index contributed by atoms with van der Waals surface area (Å²) >= 11 is 1.71. The molecular formula is C21H18F2N6O5S2. The van der Waals surface area contributed by atoms with Gasteiger partial charge in [-0.05, 0) is 6.07 Å². The number of nitrogens with zero attached hydrogens (tertiary/aromatic N) is 5. The van der Waals surface area contributed by atoms with Gasteiger partial charge >= 0.3 is 6.29 Å². The third-order valence-electron chi connectivity index (χ3n) is 5.99. The molecule has 1 saturated heterocycles. The van der Waals surface area contributed by atoms with Gasteiger partial charge in [0.1, 0.15) is 17.1 Å². The first-order valence-corrected chi connectivity index (χ1v) is 13.6. The zero-order chi connectivity index (χ0) is 25.4. The Bertz CT molecular complexity index is 1680. The molecule has 1 amide bonds. The first-order valence-electron chi connectivity index (χ1n) is 10.8. The molecule has 6 rings (SSSR count). The smallest absolute Gasteiger partial charge is 0.395 e. The molecule has 0 bridgehead atoms. The fraction of sp³-hybridized carbons (Fsp3) is 0.333. The van der Waals surface area contributed by atoms with Crippen molar-refractivity contribution < 1.29 is 31.5 Å². The zero-order valence-corrected chi connectivity index (χ0v) is 20.5. The molecule has 4 aromatic rings. The molecule has 36 heavy (non-hydrogen) atoms. The fourth-order valence-corrected chi connectivity index (χ4v) is 5.70. The van der Waals surface area contributed by atoms with Crippen molar-refractivity contribution in [3.8, 4) is 22.9 Å². The van der Waals surface area contributed by atoms with Gasteiger partial charge in [0.05, 0.1) is 16.8 Å². The van der Waals surface area contributed by atoms with E-state index in [1.165, 1.54) is 40.4 Å². The van der Waals surface area contributed by atoms with Gasteiger partial charge in [-0.3, -0.25) is 4.79 Å². The number of rotatable bonds is 5. The van der Waals surface area contributed by atoms with Gasteiger partial charge in [0.25, 0.3) is 5.91 Å². The van der Waals surface area contributed by atoms with Crippen molar-refractivity contribution in [3.05, 3.63) is 30.1 Å². The first kappa shape index (κ1) is 23.0. The average Bonchev–Trinajstić information content (AvgIpc) is 3.44. The summed E-state index contributed by atoms with van der Waals surface area (Å²) in [6.07, 6.45) is -2.39. The van der Waals surface area contributed by atoms with E-state index in [4.69, 9.17) is 0 Å². The summed E-state index contributed by atoms with van der Waals surface area (Å²) < 4.78 is 65.0. The minimum Gasteiger partial charge on any atom is -0.395 e. The molecule has 0 atom stereocenters. The van der Waals surface area contributed by atoms with Gasteiger partial charge < -0.3 is 19.4 Å². The van der Waals surface area contributed by atoms with Crippen LogP contribution in [0.4, 0.5) is 8.78 Å². The second-order valence-electron chi connectivity index (χ2n) is 8.31. The van der Waals surface area contributed by atoms with Crippen LogP contribution in [0, 0.1) is 0 Å². The van der Waals surface area contributed by atoms with Crippen molar-refractivity contribution in [2.75, 3.05) is 17.3 Å². The van der Waals surface area contributed by atoms with Crippen LogP contribution in [0.1, 0.15) is 17.4 Å². The number of sulfone groups is 1. The highest BCUT2D eigenvalue weighted by Gasteiger charge is 2.44. The molecular weight excluding hydrogens is 518 g/mol. The molecule has 0 aliphatic carbocycles. The number of benzene rings is 1. The number of thioether (sulfide) groups is 1. The summed E-state index contributed by atoms with van der Waals surface area (Å²) in [4.78, 5) is 21.8. The maximum atomic E-state index is 13.5. The lowest BCUT2D eigenvalue weighted by atomic mass is 10.3. The van der Waals surface area contributed by atoms with Crippen LogP contribution in [0.3, 0.4) is 0 Å². The summed E-state index contributed by atoms with van der Waals surface area (Å²) in [7, 11) is -2.29. The summed E-state index contributed by atoms with van der Waals surface area (Å²) in [5.74, 6) is 0.743. The summed E-state index contributed by atoms with van der Waals surface area (Å²) in [5.41, 5.74) is 0.987. The van der Waals surface area contributed by atoms with Crippen molar-refractivity contribution in [1.29, 1.82) is 0 Å². The van der Waals surface area contributed by atoms with E-state index in [0.717, 1.165) is 11.5 Å². The van der Waals surface area contributed by atoms with Gasteiger partial charge in [0, 0.05) is 42.9 Å². The maximum Gasteiger partial charge on any atom is 0.586 e. The van der Waals surface area contributed by atoms with Crippen LogP contribution in [-0.2, 0) is 16.9 Å². The van der Waals surface area contributed by atoms with Crippen LogP contribution < -0.4 is 14.8 Å². The number of fused-ring (bicyclic) bond motifs is 3. The summed E-state index contributed by atoms with van der Waals surface area (Å²) in [6.45, 7) is 1.48. The lowest BCUT2D eigenvalue weighted by Gasteiger charge is -2.25. The van der Waals surface area contributed by atoms with Crippen LogP contribution in [-0.4, -0.2) is 68.1 Å². The number of hydrogen-bond acceptors (Lipinski definition) is 9. The minimum absolute atomic E-state index is 0.0261. The zero-order valence-electron chi connectivity index (χ0n) is 18.9. The van der Waals surface area contributed by atoms with Gasteiger partial charge in [-0.1, -0.05) is 6.92 Å². The summed E-state index contributed by atoms with van der Waals surface area (Å²) in [5, 5.41) is 6.91. The van der Waals surface area contributed by atoms with Gasteiger partial charge in [0.15, 0.2) is 32.0 Å². The molecule has 1 aromatic carbocycles. The van der Waals surface area contributed by atoms with E-state index in [-0.39, 0.29) is 56.6 Å². The Labute approximate surface area is 206 Å². The van der Waals surface area contributed by atoms with Crippen molar-refractivity contribution in [1.82, 2.24) is 29.5 Å². The average molecular weight is 537 g/mol. The van der Waals surface area contributed by atoms with Gasteiger partial charge in [0.2, 0.25) is 0 Å². The third-order valence-corrected chi connectivity index (χ3v) is 8.91. The number of halogens is 2. The molecule has 3 aromatic heterocycles. The van der Waals surface area contributed by atoms with Crippen molar-refractivity contribution in [2.45, 2.75) is 24.3 Å². The molecule has 5 heterocycles. The Balaban J connectivity index is 1.57. The Morgan fingerprint density at radius 1 is 1.28 bits per heavy atom. The minimum atomic E-state index is -3.89. The Morgan fingerprint density at radius 2 is 2.00 bits per heavy atom. The van der Waals surface area contributed by atoms with Gasteiger partial charge in [-0.25, -0.2) is 22.9 Å². The molecule has 188 valence electrons. The predicted octanol–water partition coefficient (Wildman–Crippen LogP) is 2.24. The van der Waals surface area contributed by atoms with Crippen molar-refractivity contribution >= 4 is 44.2 Å². The quantitative estimate of drug-likeness (QED) is 0.408. The van der Waals surface area contributed by atoms with Crippen molar-refractivity contribution in [3.63, 3.8) is 0 Å². The largest absolute Gasteiger partial charge is 0.586 e. The number of alkyl halides is 2. The first-order chi connectivity index (χ1) is 17.1. The lowest BCUT2D eigenvalue weighted by molar-refractivity contribution is -0.286. The van der Waals surface area contributed by atoms with Crippen LogP contribution in [0.15, 0.2) is 29.4 Å². The van der Waals surface area contributed by atoms with Crippen LogP contribution in [0.25, 0.3) is 28.1 Å². The number of imidazole rings is 1. The normalized spacial score (nSPS) is 17.0. The highest BCUT2D eigenvalue weighted by Crippen LogP contribution is 2.44. The number of ether oxygens (including phenoxy) is 2. The molecule has 2 aliphatic heterocycles. The molecule has 0 unspecified atom stereocenters. The molecule has 0 spiro atoms. The number of hydrogen-bond donors (Lipinski definition) is 1. The van der Waals surface area contributed by atoms with E-state index in [2.05, 4.69) is 29.9 Å². The second-order valence-corrected chi connectivity index (χ2v) is 11.6. The maximum absolute atomic E-state index is 13.5. The number of carbonyl (C=O) groups is 1. The van der Waals surface area contributed by atoms with Crippen LogP contribution in [0.2, 0.25) is 0 Å². The van der Waals surface area contributed by atoms with E-state index in [1.807, 2.05) is 0 Å². The number of carbonyl (C=O) groups excluding carboxylic acids is 1. The Morgan fingerprint density at radius 3 is 2.67 bits per heavy atom. The standard InChI is InChI=1S/C21H18F2N6O5S2/c1-3-36(31,32)20-16(17-24-5-4-12(29(17)27-20)19(30)25-10-8-35-9-10)18-26-11-6-14-15(7-13(11)28(18)2)34-21(22,23)33-14/h4-7,10H,3,8-9H2,1-2H3,(H,25,30). The highest BCUT2D eigenvalue weighted by molar-refractivity contribution is 8.00. The SMILES string of the molecule is CCS(=O)(=O)c1nn2c(C(=O)NC3CSC3)ccnc2c1-c1nc2cc3c(cc2n1C)OC(F)(F)O3. The lowest BCUT2D eigenvalue weighted by Crippen LogP contribution is -2.44. The molecule has 0 radical (unpaired) electrons.